The number of nitrogens with zero attached hydrogens (tertiary/aromatic N) is 1. The van der Waals surface area contributed by atoms with Gasteiger partial charge in [0.05, 0.1) is 17.8 Å². The molecule has 0 radical (unpaired) electrons. The molecule has 6 nitrogen and oxygen atoms in total. The van der Waals surface area contributed by atoms with Gasteiger partial charge in [-0.1, -0.05) is 26.7 Å². The van der Waals surface area contributed by atoms with Crippen LogP contribution in [-0.4, -0.2) is 34.9 Å². The highest BCUT2D eigenvalue weighted by Gasteiger charge is 2.44. The van der Waals surface area contributed by atoms with E-state index in [1.165, 1.54) is 6.92 Å². The van der Waals surface area contributed by atoms with Gasteiger partial charge in [0, 0.05) is 18.9 Å². The minimum atomic E-state index is -0.781. The van der Waals surface area contributed by atoms with E-state index in [1.807, 2.05) is 0 Å². The maximum absolute atomic E-state index is 11.8. The molecule has 1 rings (SSSR count). The van der Waals surface area contributed by atoms with Crippen molar-refractivity contribution in [3.63, 3.8) is 0 Å². The average molecular weight is 339 g/mol. The summed E-state index contributed by atoms with van der Waals surface area (Å²) in [5.74, 6) is -0.420. The number of hydrogen-bond donors (Lipinski definition) is 3. The number of aliphatic imine (C=N–C) groups is 1. The fraction of sp³-hybridized carbons (Fsp3) is 0.833. The lowest BCUT2D eigenvalue weighted by molar-refractivity contribution is -0.141. The summed E-state index contributed by atoms with van der Waals surface area (Å²) in [5.41, 5.74) is 5.77. The Balaban J connectivity index is 3.12. The van der Waals surface area contributed by atoms with Crippen LogP contribution in [0.15, 0.2) is 4.99 Å². The van der Waals surface area contributed by atoms with E-state index >= 15 is 0 Å². The topological polar surface area (TPSA) is 105 Å². The second-order valence-corrected chi connectivity index (χ2v) is 7.07. The van der Waals surface area contributed by atoms with E-state index in [2.05, 4.69) is 24.2 Å². The molecule has 24 heavy (non-hydrogen) atoms. The molecule has 0 aromatic heterocycles. The molecular weight excluding hydrogens is 306 g/mol. The van der Waals surface area contributed by atoms with Gasteiger partial charge < -0.3 is 16.2 Å². The number of amides is 1. The third-order valence-corrected chi connectivity index (χ3v) is 4.95. The molecule has 0 spiro atoms. The number of amidine groups is 1. The molecule has 1 fully saturated rings. The summed E-state index contributed by atoms with van der Waals surface area (Å²) >= 11 is 0. The number of carboxylic acid groups (broad SMARTS) is 1. The molecule has 0 heterocycles. The zero-order chi connectivity index (χ0) is 18.3. The van der Waals surface area contributed by atoms with Crippen molar-refractivity contribution in [2.24, 2.45) is 28.5 Å². The number of hydrogen-bond acceptors (Lipinski definition) is 3. The lowest BCUT2D eigenvalue weighted by Crippen LogP contribution is -2.47. The Morgan fingerprint density at radius 1 is 1.21 bits per heavy atom. The molecule has 1 saturated carbocycles. The van der Waals surface area contributed by atoms with E-state index in [1.54, 1.807) is 6.92 Å². The summed E-state index contributed by atoms with van der Waals surface area (Å²) in [7, 11) is 0. The van der Waals surface area contributed by atoms with Crippen LogP contribution in [0.5, 0.6) is 0 Å². The van der Waals surface area contributed by atoms with Crippen LogP contribution in [0, 0.1) is 17.8 Å². The molecule has 4 N–H and O–H groups in total. The first kappa shape index (κ1) is 20.5. The number of carboxylic acids is 1. The quantitative estimate of drug-likeness (QED) is 0.443. The fourth-order valence-electron chi connectivity index (χ4n) is 4.10. The number of carbonyl (C=O) groups excluding carboxylic acids is 1. The molecule has 138 valence electrons. The van der Waals surface area contributed by atoms with Crippen LogP contribution in [0.2, 0.25) is 0 Å². The third-order valence-electron chi connectivity index (χ3n) is 4.95. The van der Waals surface area contributed by atoms with E-state index in [0.29, 0.717) is 24.6 Å². The second-order valence-electron chi connectivity index (χ2n) is 7.07. The van der Waals surface area contributed by atoms with Gasteiger partial charge in [0.25, 0.3) is 0 Å². The van der Waals surface area contributed by atoms with E-state index in [0.717, 1.165) is 25.7 Å². The van der Waals surface area contributed by atoms with Crippen molar-refractivity contribution in [2.75, 3.05) is 0 Å². The van der Waals surface area contributed by atoms with Crippen LogP contribution in [0.3, 0.4) is 0 Å². The lowest BCUT2D eigenvalue weighted by atomic mass is 9.80. The van der Waals surface area contributed by atoms with Crippen molar-refractivity contribution in [2.45, 2.75) is 78.3 Å². The first-order valence-corrected chi connectivity index (χ1v) is 9.09. The van der Waals surface area contributed by atoms with Crippen LogP contribution >= 0.6 is 0 Å². The van der Waals surface area contributed by atoms with E-state index in [4.69, 9.17) is 5.73 Å². The van der Waals surface area contributed by atoms with Crippen LogP contribution in [-0.2, 0) is 9.59 Å². The molecule has 1 amide bonds. The molecule has 0 aromatic carbocycles. The summed E-state index contributed by atoms with van der Waals surface area (Å²) in [6, 6.07) is -0.177. The van der Waals surface area contributed by atoms with E-state index in [9.17, 15) is 14.7 Å². The summed E-state index contributed by atoms with van der Waals surface area (Å²) in [6.07, 6.45) is 5.16. The Morgan fingerprint density at radius 2 is 1.79 bits per heavy atom. The zero-order valence-electron chi connectivity index (χ0n) is 15.4. The Hall–Kier alpha value is -1.59. The first-order chi connectivity index (χ1) is 11.3. The number of aliphatic carboxylic acids is 1. The molecule has 0 aromatic rings. The first-order valence-electron chi connectivity index (χ1n) is 9.09. The maximum atomic E-state index is 11.8. The van der Waals surface area contributed by atoms with Crippen LogP contribution in [0.1, 0.15) is 66.2 Å². The third kappa shape index (κ3) is 5.80. The Labute approximate surface area is 145 Å². The standard InChI is InChI=1S/C18H33N3O3/c1-5-7-13(8-6-2)17(21-12(4)22)15-9-14(18(23)24)10-16(15)20-11(3)19/h13-17H,5-10H2,1-4H3,(H2,19,20)(H,21,22)(H,23,24). The molecule has 4 unspecified atom stereocenters. The Morgan fingerprint density at radius 3 is 2.21 bits per heavy atom. The molecule has 0 saturated heterocycles. The largest absolute Gasteiger partial charge is 0.481 e. The smallest absolute Gasteiger partial charge is 0.306 e. The van der Waals surface area contributed by atoms with Crippen molar-refractivity contribution in [1.29, 1.82) is 0 Å². The normalized spacial score (nSPS) is 25.7. The van der Waals surface area contributed by atoms with Crippen molar-refractivity contribution in [3.8, 4) is 0 Å². The Bertz CT molecular complexity index is 454. The van der Waals surface area contributed by atoms with Gasteiger partial charge in [0.2, 0.25) is 5.91 Å². The highest BCUT2D eigenvalue weighted by Crippen LogP contribution is 2.39. The van der Waals surface area contributed by atoms with Crippen molar-refractivity contribution in [1.82, 2.24) is 5.32 Å². The van der Waals surface area contributed by atoms with Gasteiger partial charge in [-0.15, -0.1) is 0 Å². The van der Waals surface area contributed by atoms with Crippen molar-refractivity contribution < 1.29 is 14.7 Å². The van der Waals surface area contributed by atoms with Gasteiger partial charge in [-0.05, 0) is 38.5 Å². The minimum Gasteiger partial charge on any atom is -0.481 e. The molecule has 1 aliphatic rings. The maximum Gasteiger partial charge on any atom is 0.306 e. The predicted molar refractivity (Wildman–Crippen MR) is 95.8 cm³/mol. The molecule has 6 heteroatoms. The summed E-state index contributed by atoms with van der Waals surface area (Å²) in [5, 5.41) is 12.5. The van der Waals surface area contributed by atoms with Gasteiger partial charge >= 0.3 is 5.97 Å². The van der Waals surface area contributed by atoms with Crippen molar-refractivity contribution >= 4 is 17.7 Å². The van der Waals surface area contributed by atoms with Gasteiger partial charge in [-0.25, -0.2) is 0 Å². The van der Waals surface area contributed by atoms with Gasteiger partial charge in [-0.2, -0.15) is 0 Å². The number of rotatable bonds is 9. The van der Waals surface area contributed by atoms with E-state index < -0.39 is 11.9 Å². The predicted octanol–water partition coefficient (Wildman–Crippen LogP) is 2.56. The van der Waals surface area contributed by atoms with Gasteiger partial charge in [0.15, 0.2) is 0 Å². The van der Waals surface area contributed by atoms with Crippen molar-refractivity contribution in [3.05, 3.63) is 0 Å². The van der Waals surface area contributed by atoms with Gasteiger partial charge in [0.1, 0.15) is 0 Å². The second kappa shape index (κ2) is 9.64. The molecule has 0 bridgehead atoms. The summed E-state index contributed by atoms with van der Waals surface area (Å²) in [4.78, 5) is 27.8. The van der Waals surface area contributed by atoms with E-state index in [-0.39, 0.29) is 23.9 Å². The molecule has 4 atom stereocenters. The SMILES string of the molecule is CCCC(CCC)C(NC(C)=O)C1CC(C(=O)O)CC1N=C(C)N. The van der Waals surface area contributed by atoms with Gasteiger partial charge in [-0.3, -0.25) is 14.6 Å². The minimum absolute atomic E-state index is 0.0246. The summed E-state index contributed by atoms with van der Waals surface area (Å²) in [6.45, 7) is 7.54. The number of carbonyl (C=O) groups is 2. The molecule has 1 aliphatic carbocycles. The summed E-state index contributed by atoms with van der Waals surface area (Å²) < 4.78 is 0. The monoisotopic (exact) mass is 339 g/mol. The zero-order valence-corrected chi connectivity index (χ0v) is 15.4. The van der Waals surface area contributed by atoms with Crippen LogP contribution in [0.25, 0.3) is 0 Å². The molecular formula is C18H33N3O3. The van der Waals surface area contributed by atoms with Crippen LogP contribution in [0.4, 0.5) is 0 Å². The highest BCUT2D eigenvalue weighted by atomic mass is 16.4. The highest BCUT2D eigenvalue weighted by molar-refractivity contribution is 5.78. The fourth-order valence-corrected chi connectivity index (χ4v) is 4.10. The Kier molecular flexibility index (Phi) is 8.22. The lowest BCUT2D eigenvalue weighted by Gasteiger charge is -2.34. The van der Waals surface area contributed by atoms with Crippen LogP contribution < -0.4 is 11.1 Å². The average Bonchev–Trinajstić information content (AvgIpc) is 2.87. The molecule has 0 aliphatic heterocycles. The number of nitrogens with one attached hydrogen (secondary N) is 1. The number of nitrogens with two attached hydrogens (primary N) is 1.